The summed E-state index contributed by atoms with van der Waals surface area (Å²) in [6, 6.07) is 76.1. The van der Waals surface area contributed by atoms with E-state index in [2.05, 4.69) is 205 Å². The highest BCUT2D eigenvalue weighted by molar-refractivity contribution is 6.28. The molecule has 1 aliphatic rings. The molecule has 3 nitrogen and oxygen atoms in total. The lowest BCUT2D eigenvalue weighted by Gasteiger charge is -2.20. The number of benzene rings is 9. The Morgan fingerprint density at radius 2 is 0.742 bits per heavy atom. The number of pyridine rings is 1. The van der Waals surface area contributed by atoms with Crippen molar-refractivity contribution in [1.82, 2.24) is 15.0 Å². The van der Waals surface area contributed by atoms with Crippen LogP contribution >= 0.6 is 0 Å². The molecule has 11 aromatic rings. The number of fused-ring (bicyclic) bond motifs is 4. The number of nitrogens with zero attached hydrogens (tertiary/aromatic N) is 3. The second-order valence-electron chi connectivity index (χ2n) is 15.9. The van der Waals surface area contributed by atoms with Crippen molar-refractivity contribution in [2.45, 2.75) is 0 Å². The minimum absolute atomic E-state index is 0.689. The van der Waals surface area contributed by atoms with E-state index in [-0.39, 0.29) is 0 Å². The zero-order chi connectivity index (χ0) is 41.0. The molecule has 288 valence electrons. The van der Waals surface area contributed by atoms with Gasteiger partial charge in [0.25, 0.3) is 0 Å². The molecule has 1 aliphatic carbocycles. The first-order chi connectivity index (χ1) is 30.8. The van der Waals surface area contributed by atoms with Gasteiger partial charge in [-0.05, 0) is 100 Å². The van der Waals surface area contributed by atoms with Crippen molar-refractivity contribution in [3.8, 4) is 101 Å². The summed E-state index contributed by atoms with van der Waals surface area (Å²) in [6.07, 6.45) is 3.69. The van der Waals surface area contributed by atoms with Gasteiger partial charge in [-0.15, -0.1) is 0 Å². The predicted octanol–water partition coefficient (Wildman–Crippen LogP) is 15.5. The average Bonchev–Trinajstić information content (AvgIpc) is 3.69. The fraction of sp³-hybridized carbons (Fsp3) is 0. The average molecular weight is 788 g/mol. The lowest BCUT2D eigenvalue weighted by atomic mass is 9.82. The summed E-state index contributed by atoms with van der Waals surface area (Å²) in [5.41, 5.74) is 19.5. The Kier molecular flexibility index (Phi) is 8.50. The molecule has 2 heterocycles. The largest absolute Gasteiger partial charge is 0.264 e. The van der Waals surface area contributed by atoms with Gasteiger partial charge in [-0.3, -0.25) is 4.98 Å². The van der Waals surface area contributed by atoms with Gasteiger partial charge in [0.2, 0.25) is 0 Å². The summed E-state index contributed by atoms with van der Waals surface area (Å²) in [5, 5.41) is 5.07. The minimum atomic E-state index is 0.689. The number of hydrogen-bond acceptors (Lipinski definition) is 3. The van der Waals surface area contributed by atoms with E-state index in [1.54, 1.807) is 6.20 Å². The Bertz CT molecular complexity index is 3360. The van der Waals surface area contributed by atoms with Crippen LogP contribution in [0.15, 0.2) is 225 Å². The summed E-state index contributed by atoms with van der Waals surface area (Å²) in [6.45, 7) is 0. The molecule has 3 heteroatoms. The maximum atomic E-state index is 5.17. The Labute approximate surface area is 360 Å². The highest BCUT2D eigenvalue weighted by atomic mass is 14.9. The first-order valence-corrected chi connectivity index (χ1v) is 21.1. The van der Waals surface area contributed by atoms with Crippen molar-refractivity contribution >= 4 is 21.5 Å². The monoisotopic (exact) mass is 787 g/mol. The van der Waals surface area contributed by atoms with Crippen LogP contribution in [0.1, 0.15) is 0 Å². The first kappa shape index (κ1) is 35.7. The van der Waals surface area contributed by atoms with Crippen LogP contribution in [-0.2, 0) is 0 Å². The minimum Gasteiger partial charge on any atom is -0.264 e. The Balaban J connectivity index is 0.991. The van der Waals surface area contributed by atoms with E-state index in [0.717, 1.165) is 44.8 Å². The summed E-state index contributed by atoms with van der Waals surface area (Å²) in [4.78, 5) is 14.6. The second-order valence-corrected chi connectivity index (χ2v) is 15.9. The van der Waals surface area contributed by atoms with Crippen LogP contribution in [-0.4, -0.2) is 15.0 Å². The van der Waals surface area contributed by atoms with Gasteiger partial charge in [0.15, 0.2) is 5.82 Å². The van der Waals surface area contributed by atoms with Crippen LogP contribution in [0.4, 0.5) is 0 Å². The van der Waals surface area contributed by atoms with Crippen LogP contribution in [0.5, 0.6) is 0 Å². The van der Waals surface area contributed by atoms with Gasteiger partial charge in [-0.25, -0.2) is 9.97 Å². The molecule has 0 radical (unpaired) electrons. The topological polar surface area (TPSA) is 38.7 Å². The molecule has 0 bridgehead atoms. The molecule has 12 rings (SSSR count). The summed E-state index contributed by atoms with van der Waals surface area (Å²) < 4.78 is 0. The summed E-state index contributed by atoms with van der Waals surface area (Å²) >= 11 is 0. The molecule has 0 amide bonds. The third kappa shape index (κ3) is 5.94. The summed E-state index contributed by atoms with van der Waals surface area (Å²) in [5.74, 6) is 0.689. The van der Waals surface area contributed by atoms with Crippen LogP contribution in [0.2, 0.25) is 0 Å². The molecular weight excluding hydrogens is 751 g/mol. The van der Waals surface area contributed by atoms with Crippen molar-refractivity contribution in [2.75, 3.05) is 0 Å². The molecule has 0 spiro atoms. The quantitative estimate of drug-likeness (QED) is 0.161. The normalized spacial score (nSPS) is 11.5. The van der Waals surface area contributed by atoms with E-state index in [1.807, 2.05) is 18.3 Å². The number of rotatable bonds is 7. The third-order valence-electron chi connectivity index (χ3n) is 12.3. The number of aromatic nitrogens is 3. The van der Waals surface area contributed by atoms with Crippen LogP contribution < -0.4 is 0 Å². The maximum Gasteiger partial charge on any atom is 0.160 e. The fourth-order valence-corrected chi connectivity index (χ4v) is 9.51. The molecule has 2 aromatic heterocycles. The highest BCUT2D eigenvalue weighted by Crippen LogP contribution is 2.58. The smallest absolute Gasteiger partial charge is 0.160 e. The van der Waals surface area contributed by atoms with E-state index >= 15 is 0 Å². The molecule has 0 aliphatic heterocycles. The molecule has 9 aromatic carbocycles. The Morgan fingerprint density at radius 3 is 1.34 bits per heavy atom. The van der Waals surface area contributed by atoms with Gasteiger partial charge < -0.3 is 0 Å². The highest BCUT2D eigenvalue weighted by Gasteiger charge is 2.31. The van der Waals surface area contributed by atoms with Crippen LogP contribution in [0.3, 0.4) is 0 Å². The van der Waals surface area contributed by atoms with E-state index in [0.29, 0.717) is 5.82 Å². The van der Waals surface area contributed by atoms with Crippen molar-refractivity contribution in [1.29, 1.82) is 0 Å². The van der Waals surface area contributed by atoms with Crippen LogP contribution in [0, 0.1) is 0 Å². The molecular formula is C59H37N3. The SMILES string of the molecule is c1ccc(-c2cc(-c3ccc(-c4cccnc4)cc3)nc(-c3ccc(-c4ccc5c6c(cccc46)-c4c-5c(-c5ccccc5)c5ccccc5c4-c4ccccc4)cc3)n2)cc1. The summed E-state index contributed by atoms with van der Waals surface area (Å²) in [7, 11) is 0. The van der Waals surface area contributed by atoms with Gasteiger partial charge >= 0.3 is 0 Å². The fourth-order valence-electron chi connectivity index (χ4n) is 9.51. The van der Waals surface area contributed by atoms with E-state index in [1.165, 1.54) is 71.6 Å². The van der Waals surface area contributed by atoms with Gasteiger partial charge in [0.1, 0.15) is 0 Å². The third-order valence-corrected chi connectivity index (χ3v) is 12.3. The Morgan fingerprint density at radius 1 is 0.274 bits per heavy atom. The van der Waals surface area contributed by atoms with Crippen LogP contribution in [0.25, 0.3) is 122 Å². The molecule has 0 N–H and O–H groups in total. The Hall–Kier alpha value is -8.27. The van der Waals surface area contributed by atoms with Crippen molar-refractivity contribution in [3.05, 3.63) is 225 Å². The molecule has 0 saturated carbocycles. The van der Waals surface area contributed by atoms with E-state index < -0.39 is 0 Å². The van der Waals surface area contributed by atoms with Crippen molar-refractivity contribution in [3.63, 3.8) is 0 Å². The lowest BCUT2D eigenvalue weighted by Crippen LogP contribution is -1.96. The molecule has 62 heavy (non-hydrogen) atoms. The molecule has 0 saturated heterocycles. The van der Waals surface area contributed by atoms with E-state index in [9.17, 15) is 0 Å². The standard InChI is InChI=1S/C59H37N3/c1-4-14-40(15-5-1)52-36-53(41-29-25-38(26-30-41)45-20-13-35-60-37-45)62-59(61-52)44-31-27-39(28-32-44)46-33-34-51-56-47(46)23-12-24-50(56)57-54(42-16-6-2-7-17-42)48-21-10-11-22-49(48)55(58(51)57)43-18-8-3-9-19-43/h1-37H. The van der Waals surface area contributed by atoms with Crippen molar-refractivity contribution in [2.24, 2.45) is 0 Å². The van der Waals surface area contributed by atoms with Gasteiger partial charge in [-0.2, -0.15) is 0 Å². The molecule has 0 unspecified atom stereocenters. The van der Waals surface area contributed by atoms with Crippen molar-refractivity contribution < 1.29 is 0 Å². The van der Waals surface area contributed by atoms with Gasteiger partial charge in [-0.1, -0.05) is 200 Å². The van der Waals surface area contributed by atoms with Gasteiger partial charge in [0.05, 0.1) is 11.4 Å². The molecule has 0 atom stereocenters. The zero-order valence-electron chi connectivity index (χ0n) is 33.7. The van der Waals surface area contributed by atoms with Gasteiger partial charge in [0, 0.05) is 29.1 Å². The first-order valence-electron chi connectivity index (χ1n) is 21.1. The number of hydrogen-bond donors (Lipinski definition) is 0. The molecule has 0 fully saturated rings. The van der Waals surface area contributed by atoms with E-state index in [4.69, 9.17) is 9.97 Å². The second kappa shape index (κ2) is 14.8. The maximum absolute atomic E-state index is 5.17. The lowest BCUT2D eigenvalue weighted by molar-refractivity contribution is 1.18. The zero-order valence-corrected chi connectivity index (χ0v) is 33.7. The predicted molar refractivity (Wildman–Crippen MR) is 257 cm³/mol.